The minimum atomic E-state index is -0.0183. The summed E-state index contributed by atoms with van der Waals surface area (Å²) >= 11 is 6.20. The molecule has 0 bridgehead atoms. The SMILES string of the molecule is CC(=O)c1c2cc(Cl)ccc2c(-c2ccc(C)o2)c2oc(C)cc12. The molecule has 4 aromatic rings. The molecule has 120 valence electrons. The van der Waals surface area contributed by atoms with E-state index in [1.54, 1.807) is 6.92 Å². The van der Waals surface area contributed by atoms with Crippen molar-refractivity contribution in [2.75, 3.05) is 0 Å². The van der Waals surface area contributed by atoms with Crippen LogP contribution in [0.15, 0.2) is 45.2 Å². The monoisotopic (exact) mass is 338 g/mol. The summed E-state index contributed by atoms with van der Waals surface area (Å²) in [7, 11) is 0. The number of furan rings is 2. The summed E-state index contributed by atoms with van der Waals surface area (Å²) in [4.78, 5) is 12.3. The molecule has 0 saturated carbocycles. The van der Waals surface area contributed by atoms with E-state index < -0.39 is 0 Å². The number of halogens is 1. The number of Topliss-reactive ketones (excluding diaryl/α,β-unsaturated/α-hetero) is 1. The Morgan fingerprint density at radius 3 is 2.38 bits per heavy atom. The summed E-state index contributed by atoms with van der Waals surface area (Å²) in [5.74, 6) is 2.27. The smallest absolute Gasteiger partial charge is 0.161 e. The molecule has 0 N–H and O–H groups in total. The highest BCUT2D eigenvalue weighted by Gasteiger charge is 2.22. The van der Waals surface area contributed by atoms with E-state index >= 15 is 0 Å². The van der Waals surface area contributed by atoms with Crippen LogP contribution in [0.5, 0.6) is 0 Å². The van der Waals surface area contributed by atoms with Gasteiger partial charge in [0, 0.05) is 16.0 Å². The highest BCUT2D eigenvalue weighted by molar-refractivity contribution is 6.32. The zero-order valence-electron chi connectivity index (χ0n) is 13.6. The van der Waals surface area contributed by atoms with Crippen LogP contribution < -0.4 is 0 Å². The topological polar surface area (TPSA) is 43.4 Å². The fraction of sp³-hybridized carbons (Fsp3) is 0.150. The molecule has 24 heavy (non-hydrogen) atoms. The minimum Gasteiger partial charge on any atom is -0.461 e. The van der Waals surface area contributed by atoms with Gasteiger partial charge in [-0.1, -0.05) is 17.7 Å². The first-order chi connectivity index (χ1) is 11.5. The molecule has 2 heterocycles. The molecule has 4 rings (SSSR count). The molecule has 0 fully saturated rings. The highest BCUT2D eigenvalue weighted by atomic mass is 35.5. The molecule has 4 heteroatoms. The predicted molar refractivity (Wildman–Crippen MR) is 95.9 cm³/mol. The van der Waals surface area contributed by atoms with Gasteiger partial charge in [-0.15, -0.1) is 0 Å². The summed E-state index contributed by atoms with van der Waals surface area (Å²) in [5.41, 5.74) is 2.15. The van der Waals surface area contributed by atoms with Crippen molar-refractivity contribution in [3.05, 3.63) is 58.5 Å². The van der Waals surface area contributed by atoms with E-state index in [0.29, 0.717) is 21.9 Å². The van der Waals surface area contributed by atoms with Gasteiger partial charge in [0.05, 0.1) is 5.56 Å². The predicted octanol–water partition coefficient (Wildman–Crippen LogP) is 6.32. The summed E-state index contributed by atoms with van der Waals surface area (Å²) < 4.78 is 11.8. The molecule has 0 saturated heterocycles. The normalized spacial score (nSPS) is 11.5. The van der Waals surface area contributed by atoms with Gasteiger partial charge >= 0.3 is 0 Å². The van der Waals surface area contributed by atoms with Crippen LogP contribution in [0.2, 0.25) is 5.02 Å². The lowest BCUT2D eigenvalue weighted by Crippen LogP contribution is -1.96. The largest absolute Gasteiger partial charge is 0.461 e. The first-order valence-electron chi connectivity index (χ1n) is 7.69. The van der Waals surface area contributed by atoms with Gasteiger partial charge < -0.3 is 8.83 Å². The number of carbonyl (C=O) groups excluding carboxylic acids is 1. The van der Waals surface area contributed by atoms with Crippen LogP contribution in [0.3, 0.4) is 0 Å². The van der Waals surface area contributed by atoms with Crippen molar-refractivity contribution >= 4 is 39.1 Å². The first-order valence-corrected chi connectivity index (χ1v) is 8.06. The number of ketones is 1. The van der Waals surface area contributed by atoms with Crippen molar-refractivity contribution in [2.24, 2.45) is 0 Å². The fourth-order valence-electron chi connectivity index (χ4n) is 3.29. The third-order valence-corrected chi connectivity index (χ3v) is 4.45. The Hall–Kier alpha value is -2.52. The number of aryl methyl sites for hydroxylation is 2. The minimum absolute atomic E-state index is 0.0183. The second kappa shape index (κ2) is 5.25. The zero-order chi connectivity index (χ0) is 17.0. The van der Waals surface area contributed by atoms with Crippen molar-refractivity contribution in [2.45, 2.75) is 20.8 Å². The molecular weight excluding hydrogens is 324 g/mol. The Labute approximate surface area is 143 Å². The number of hydrogen-bond acceptors (Lipinski definition) is 3. The summed E-state index contributed by atoms with van der Waals surface area (Å²) in [6.07, 6.45) is 0. The lowest BCUT2D eigenvalue weighted by molar-refractivity contribution is 0.102. The Kier molecular flexibility index (Phi) is 3.29. The molecule has 2 aromatic heterocycles. The van der Waals surface area contributed by atoms with Crippen LogP contribution in [-0.4, -0.2) is 5.78 Å². The van der Waals surface area contributed by atoms with Gasteiger partial charge in [0.2, 0.25) is 0 Å². The van der Waals surface area contributed by atoms with Crippen LogP contribution >= 0.6 is 11.6 Å². The van der Waals surface area contributed by atoms with Gasteiger partial charge in [0.25, 0.3) is 0 Å². The molecule has 0 unspecified atom stereocenters. The number of rotatable bonds is 2. The van der Waals surface area contributed by atoms with E-state index in [4.69, 9.17) is 20.4 Å². The van der Waals surface area contributed by atoms with Gasteiger partial charge in [-0.2, -0.15) is 0 Å². The summed E-state index contributed by atoms with van der Waals surface area (Å²) in [6.45, 7) is 5.34. The Morgan fingerprint density at radius 1 is 0.917 bits per heavy atom. The molecule has 0 amide bonds. The van der Waals surface area contributed by atoms with E-state index in [0.717, 1.165) is 33.2 Å². The molecule has 0 radical (unpaired) electrons. The van der Waals surface area contributed by atoms with Crippen LogP contribution in [0.4, 0.5) is 0 Å². The molecular formula is C20H15ClO3. The first kappa shape index (κ1) is 15.0. The second-order valence-corrected chi connectivity index (χ2v) is 6.44. The molecule has 0 aliphatic carbocycles. The van der Waals surface area contributed by atoms with Crippen molar-refractivity contribution in [3.63, 3.8) is 0 Å². The van der Waals surface area contributed by atoms with Gasteiger partial charge in [-0.25, -0.2) is 0 Å². The standard InChI is InChI=1S/C20H15ClO3/c1-10-4-7-17(23-10)19-14-6-5-13(21)9-15(14)18(12(3)22)16-8-11(2)24-20(16)19/h4-9H,1-3H3. The summed E-state index contributed by atoms with van der Waals surface area (Å²) in [6, 6.07) is 11.3. The average molecular weight is 339 g/mol. The Morgan fingerprint density at radius 2 is 1.71 bits per heavy atom. The van der Waals surface area contributed by atoms with E-state index in [1.807, 2.05) is 50.2 Å². The molecule has 3 nitrogen and oxygen atoms in total. The highest BCUT2D eigenvalue weighted by Crippen LogP contribution is 2.42. The number of carbonyl (C=O) groups is 1. The zero-order valence-corrected chi connectivity index (χ0v) is 14.3. The molecule has 0 aliphatic rings. The Bertz CT molecular complexity index is 1120. The maximum Gasteiger partial charge on any atom is 0.161 e. The molecule has 0 spiro atoms. The summed E-state index contributed by atoms with van der Waals surface area (Å²) in [5, 5.41) is 3.08. The van der Waals surface area contributed by atoms with E-state index in [9.17, 15) is 4.79 Å². The third-order valence-electron chi connectivity index (χ3n) is 4.21. The molecule has 0 aliphatic heterocycles. The number of benzene rings is 2. The van der Waals surface area contributed by atoms with E-state index in [1.165, 1.54) is 0 Å². The van der Waals surface area contributed by atoms with Crippen molar-refractivity contribution in [3.8, 4) is 11.3 Å². The van der Waals surface area contributed by atoms with Crippen molar-refractivity contribution in [1.82, 2.24) is 0 Å². The number of hydrogen-bond donors (Lipinski definition) is 0. The van der Waals surface area contributed by atoms with Crippen molar-refractivity contribution in [1.29, 1.82) is 0 Å². The van der Waals surface area contributed by atoms with E-state index in [2.05, 4.69) is 0 Å². The average Bonchev–Trinajstić information content (AvgIpc) is 3.09. The van der Waals surface area contributed by atoms with Crippen LogP contribution in [0.25, 0.3) is 33.1 Å². The number of fused-ring (bicyclic) bond motifs is 2. The molecule has 0 atom stereocenters. The molecule has 2 aromatic carbocycles. The second-order valence-electron chi connectivity index (χ2n) is 6.01. The van der Waals surface area contributed by atoms with Crippen LogP contribution in [-0.2, 0) is 0 Å². The quantitative estimate of drug-likeness (QED) is 0.402. The van der Waals surface area contributed by atoms with Crippen LogP contribution in [0.1, 0.15) is 28.8 Å². The van der Waals surface area contributed by atoms with Crippen LogP contribution in [0, 0.1) is 13.8 Å². The van der Waals surface area contributed by atoms with Crippen molar-refractivity contribution < 1.29 is 13.6 Å². The third kappa shape index (κ3) is 2.16. The maximum atomic E-state index is 12.3. The Balaban J connectivity index is 2.29. The maximum absolute atomic E-state index is 12.3. The lowest BCUT2D eigenvalue weighted by Gasteiger charge is -2.11. The van der Waals surface area contributed by atoms with Gasteiger partial charge in [0.15, 0.2) is 5.78 Å². The van der Waals surface area contributed by atoms with E-state index in [-0.39, 0.29) is 5.78 Å². The van der Waals surface area contributed by atoms with Gasteiger partial charge in [-0.05, 0) is 61.9 Å². The lowest BCUT2D eigenvalue weighted by atomic mass is 9.93. The van der Waals surface area contributed by atoms with Gasteiger partial charge in [-0.3, -0.25) is 4.79 Å². The van der Waals surface area contributed by atoms with Gasteiger partial charge in [0.1, 0.15) is 22.9 Å². The fourth-order valence-corrected chi connectivity index (χ4v) is 3.46.